The number of imidazole rings is 1. The van der Waals surface area contributed by atoms with Crippen LogP contribution >= 0.6 is 0 Å². The summed E-state index contributed by atoms with van der Waals surface area (Å²) in [5.74, 6) is 0.483. The van der Waals surface area contributed by atoms with Gasteiger partial charge in [-0.2, -0.15) is 0 Å². The lowest BCUT2D eigenvalue weighted by atomic mass is 10.1. The van der Waals surface area contributed by atoms with Crippen LogP contribution in [-0.2, 0) is 16.4 Å². The number of rotatable bonds is 5. The van der Waals surface area contributed by atoms with Gasteiger partial charge in [-0.25, -0.2) is 13.4 Å². The number of sulfonamides is 1. The molecular formula is C12H15N3O3S. The largest absolute Gasteiger partial charge is 0.495 e. The molecule has 0 amide bonds. The molecule has 1 aromatic heterocycles. The van der Waals surface area contributed by atoms with E-state index < -0.39 is 10.0 Å². The highest BCUT2D eigenvalue weighted by atomic mass is 32.2. The van der Waals surface area contributed by atoms with Crippen molar-refractivity contribution in [2.45, 2.75) is 6.42 Å². The lowest BCUT2D eigenvalue weighted by Gasteiger charge is -2.11. The number of aromatic amines is 1. The zero-order valence-electron chi connectivity index (χ0n) is 10.7. The molecule has 0 spiro atoms. The van der Waals surface area contributed by atoms with Crippen LogP contribution in [-0.4, -0.2) is 31.8 Å². The van der Waals surface area contributed by atoms with Crippen LogP contribution in [0.3, 0.4) is 0 Å². The molecule has 0 unspecified atom stereocenters. The van der Waals surface area contributed by atoms with Crippen molar-refractivity contribution in [2.24, 2.45) is 0 Å². The molecule has 0 fully saturated rings. The second-order valence-corrected chi connectivity index (χ2v) is 5.89. The second kappa shape index (κ2) is 5.31. The van der Waals surface area contributed by atoms with Crippen LogP contribution in [0.4, 0.5) is 5.69 Å². The number of nitrogens with one attached hydrogen (secondary N) is 2. The Morgan fingerprint density at radius 3 is 2.79 bits per heavy atom. The fourth-order valence-corrected chi connectivity index (χ4v) is 2.30. The molecule has 19 heavy (non-hydrogen) atoms. The predicted molar refractivity (Wildman–Crippen MR) is 72.9 cm³/mol. The van der Waals surface area contributed by atoms with Gasteiger partial charge in [0.05, 0.1) is 31.1 Å². The summed E-state index contributed by atoms with van der Waals surface area (Å²) in [5, 5.41) is 0. The summed E-state index contributed by atoms with van der Waals surface area (Å²) in [6.07, 6.45) is 5.13. The summed E-state index contributed by atoms with van der Waals surface area (Å²) in [5.41, 5.74) is 2.26. The zero-order chi connectivity index (χ0) is 13.9. The van der Waals surface area contributed by atoms with Crippen molar-refractivity contribution in [3.8, 4) is 5.75 Å². The molecule has 0 aliphatic heterocycles. The molecule has 2 rings (SSSR count). The van der Waals surface area contributed by atoms with Gasteiger partial charge in [0.15, 0.2) is 0 Å². The van der Waals surface area contributed by atoms with Gasteiger partial charge >= 0.3 is 0 Å². The maximum Gasteiger partial charge on any atom is 0.229 e. The molecule has 0 aliphatic rings. The van der Waals surface area contributed by atoms with Gasteiger partial charge in [-0.1, -0.05) is 6.07 Å². The fourth-order valence-electron chi connectivity index (χ4n) is 1.74. The Morgan fingerprint density at radius 1 is 1.42 bits per heavy atom. The Bertz CT molecular complexity index is 651. The Hall–Kier alpha value is -2.02. The molecule has 102 valence electrons. The van der Waals surface area contributed by atoms with Crippen molar-refractivity contribution in [3.63, 3.8) is 0 Å². The normalized spacial score (nSPS) is 11.3. The number of nitrogens with zero attached hydrogens (tertiary/aromatic N) is 1. The molecule has 1 heterocycles. The van der Waals surface area contributed by atoms with E-state index in [4.69, 9.17) is 4.74 Å². The van der Waals surface area contributed by atoms with Gasteiger partial charge in [-0.15, -0.1) is 0 Å². The first-order chi connectivity index (χ1) is 8.98. The van der Waals surface area contributed by atoms with E-state index in [0.29, 0.717) is 17.9 Å². The van der Waals surface area contributed by atoms with Crippen LogP contribution in [0.5, 0.6) is 5.75 Å². The minimum absolute atomic E-state index is 0.429. The maximum absolute atomic E-state index is 11.3. The first-order valence-corrected chi connectivity index (χ1v) is 7.49. The predicted octanol–water partition coefficient (Wildman–Crippen LogP) is 1.38. The molecule has 0 saturated carbocycles. The van der Waals surface area contributed by atoms with Crippen molar-refractivity contribution in [1.82, 2.24) is 9.97 Å². The van der Waals surface area contributed by atoms with Crippen LogP contribution in [0.15, 0.2) is 30.7 Å². The number of aromatic nitrogens is 2. The number of H-pyrrole nitrogens is 1. The van der Waals surface area contributed by atoms with Gasteiger partial charge in [-0.3, -0.25) is 4.72 Å². The third kappa shape index (κ3) is 3.72. The van der Waals surface area contributed by atoms with Crippen LogP contribution < -0.4 is 9.46 Å². The molecule has 2 aromatic rings. The number of ether oxygens (including phenoxy) is 1. The number of hydrogen-bond donors (Lipinski definition) is 2. The van der Waals surface area contributed by atoms with Gasteiger partial charge in [-0.05, 0) is 17.7 Å². The minimum atomic E-state index is -3.34. The topological polar surface area (TPSA) is 84.1 Å². The Balaban J connectivity index is 2.30. The van der Waals surface area contributed by atoms with E-state index in [-0.39, 0.29) is 0 Å². The summed E-state index contributed by atoms with van der Waals surface area (Å²) in [6, 6.07) is 5.35. The Kier molecular flexibility index (Phi) is 3.75. The average Bonchev–Trinajstić information content (AvgIpc) is 2.80. The van der Waals surface area contributed by atoms with Crippen LogP contribution in [0.2, 0.25) is 0 Å². The first kappa shape index (κ1) is 13.4. The van der Waals surface area contributed by atoms with Gasteiger partial charge in [0.1, 0.15) is 5.75 Å². The van der Waals surface area contributed by atoms with E-state index in [9.17, 15) is 8.42 Å². The summed E-state index contributed by atoms with van der Waals surface area (Å²) >= 11 is 0. The lowest BCUT2D eigenvalue weighted by molar-refractivity contribution is 0.416. The smallest absolute Gasteiger partial charge is 0.229 e. The number of hydrogen-bond acceptors (Lipinski definition) is 4. The molecule has 0 aliphatic carbocycles. The monoisotopic (exact) mass is 281 g/mol. The summed E-state index contributed by atoms with van der Waals surface area (Å²) in [4.78, 5) is 7.01. The maximum atomic E-state index is 11.3. The van der Waals surface area contributed by atoms with E-state index in [2.05, 4.69) is 14.7 Å². The second-order valence-electron chi connectivity index (χ2n) is 4.15. The van der Waals surface area contributed by atoms with Crippen LogP contribution in [0.25, 0.3) is 0 Å². The number of benzene rings is 1. The quantitative estimate of drug-likeness (QED) is 0.867. The molecule has 2 N–H and O–H groups in total. The average molecular weight is 281 g/mol. The third-order valence-corrected chi connectivity index (χ3v) is 3.09. The first-order valence-electron chi connectivity index (χ1n) is 5.60. The van der Waals surface area contributed by atoms with E-state index >= 15 is 0 Å². The van der Waals surface area contributed by atoms with Crippen molar-refractivity contribution < 1.29 is 13.2 Å². The van der Waals surface area contributed by atoms with Crippen LogP contribution in [0, 0.1) is 0 Å². The number of anilines is 1. The third-order valence-electron chi connectivity index (χ3n) is 2.50. The Morgan fingerprint density at radius 2 is 2.21 bits per heavy atom. The van der Waals surface area contributed by atoms with Crippen molar-refractivity contribution in [1.29, 1.82) is 0 Å². The molecule has 0 atom stereocenters. The molecule has 0 bridgehead atoms. The van der Waals surface area contributed by atoms with E-state index in [0.717, 1.165) is 17.5 Å². The molecule has 7 heteroatoms. The van der Waals surface area contributed by atoms with Gasteiger partial charge in [0.2, 0.25) is 10.0 Å². The minimum Gasteiger partial charge on any atom is -0.495 e. The highest BCUT2D eigenvalue weighted by Gasteiger charge is 2.09. The molecule has 6 nitrogen and oxygen atoms in total. The van der Waals surface area contributed by atoms with Crippen molar-refractivity contribution in [2.75, 3.05) is 18.1 Å². The van der Waals surface area contributed by atoms with Gasteiger partial charge in [0.25, 0.3) is 0 Å². The van der Waals surface area contributed by atoms with Gasteiger partial charge in [0, 0.05) is 12.6 Å². The summed E-state index contributed by atoms with van der Waals surface area (Å²) in [6.45, 7) is 0. The highest BCUT2D eigenvalue weighted by molar-refractivity contribution is 7.92. The molecular weight excluding hydrogens is 266 g/mol. The summed E-state index contributed by atoms with van der Waals surface area (Å²) < 4.78 is 30.2. The van der Waals surface area contributed by atoms with Crippen LogP contribution in [0.1, 0.15) is 11.3 Å². The van der Waals surface area contributed by atoms with E-state index in [1.807, 2.05) is 6.07 Å². The Labute approximate surface area is 111 Å². The highest BCUT2D eigenvalue weighted by Crippen LogP contribution is 2.27. The molecule has 1 aromatic carbocycles. The fraction of sp³-hybridized carbons (Fsp3) is 0.250. The zero-order valence-corrected chi connectivity index (χ0v) is 11.5. The molecule has 0 radical (unpaired) electrons. The standard InChI is InChI=1S/C12H15N3O3S/c1-18-12-4-3-9(5-10-7-13-8-14-10)6-11(12)15-19(2,16)17/h3-4,6-8,15H,5H2,1-2H3,(H,13,14). The van der Waals surface area contributed by atoms with Gasteiger partial charge < -0.3 is 9.72 Å². The van der Waals surface area contributed by atoms with Crippen molar-refractivity contribution in [3.05, 3.63) is 42.0 Å². The van der Waals surface area contributed by atoms with Crippen molar-refractivity contribution >= 4 is 15.7 Å². The lowest BCUT2D eigenvalue weighted by Crippen LogP contribution is -2.10. The molecule has 0 saturated heterocycles. The van der Waals surface area contributed by atoms with E-state index in [1.165, 1.54) is 7.11 Å². The summed E-state index contributed by atoms with van der Waals surface area (Å²) in [7, 11) is -1.84. The SMILES string of the molecule is COc1ccc(Cc2c[nH]cn2)cc1NS(C)(=O)=O. The van der Waals surface area contributed by atoms with E-state index in [1.54, 1.807) is 24.7 Å². The number of methoxy groups -OCH3 is 1.